The van der Waals surface area contributed by atoms with E-state index in [-0.39, 0.29) is 11.6 Å². The van der Waals surface area contributed by atoms with Gasteiger partial charge in [0.25, 0.3) is 0 Å². The minimum Gasteiger partial charge on any atom is -0.350 e. The van der Waals surface area contributed by atoms with Gasteiger partial charge in [-0.1, -0.05) is 0 Å². The molecule has 8 nitrogen and oxygen atoms in total. The van der Waals surface area contributed by atoms with Crippen molar-refractivity contribution in [3.63, 3.8) is 0 Å². The van der Waals surface area contributed by atoms with E-state index in [9.17, 15) is 4.39 Å². The van der Waals surface area contributed by atoms with Gasteiger partial charge in [-0.25, -0.2) is 9.37 Å². The van der Waals surface area contributed by atoms with Crippen molar-refractivity contribution in [3.05, 3.63) is 41.8 Å². The number of rotatable bonds is 4. The van der Waals surface area contributed by atoms with Gasteiger partial charge in [0.2, 0.25) is 11.9 Å². The van der Waals surface area contributed by atoms with E-state index in [1.54, 1.807) is 28.9 Å². The SMILES string of the molecule is N#Cc1ccc(Nc2nc3ccnc(NC4CCCNC4)n3n2)cc1F. The van der Waals surface area contributed by atoms with Crippen LogP contribution in [0.4, 0.5) is 22.0 Å². The highest BCUT2D eigenvalue weighted by Crippen LogP contribution is 2.19. The number of aromatic nitrogens is 4. The molecule has 3 N–H and O–H groups in total. The second kappa shape index (κ2) is 6.93. The fourth-order valence-corrected chi connectivity index (χ4v) is 2.94. The molecule has 132 valence electrons. The highest BCUT2D eigenvalue weighted by molar-refractivity contribution is 5.58. The smallest absolute Gasteiger partial charge is 0.247 e. The van der Waals surface area contributed by atoms with Gasteiger partial charge in [-0.05, 0) is 37.6 Å². The summed E-state index contributed by atoms with van der Waals surface area (Å²) in [5.41, 5.74) is 1.09. The molecule has 1 aromatic carbocycles. The molecule has 1 unspecified atom stereocenters. The Morgan fingerprint density at radius 1 is 1.35 bits per heavy atom. The van der Waals surface area contributed by atoms with E-state index >= 15 is 0 Å². The maximum atomic E-state index is 13.7. The zero-order valence-electron chi connectivity index (χ0n) is 13.9. The predicted molar refractivity (Wildman–Crippen MR) is 94.7 cm³/mol. The lowest BCUT2D eigenvalue weighted by atomic mass is 10.1. The molecule has 1 fully saturated rings. The summed E-state index contributed by atoms with van der Waals surface area (Å²) in [5.74, 6) is 0.352. The number of piperidine rings is 1. The third-order valence-corrected chi connectivity index (χ3v) is 4.23. The fourth-order valence-electron chi connectivity index (χ4n) is 2.94. The van der Waals surface area contributed by atoms with Gasteiger partial charge < -0.3 is 16.0 Å². The molecule has 4 rings (SSSR count). The second-order valence-electron chi connectivity index (χ2n) is 6.09. The van der Waals surface area contributed by atoms with Crippen molar-refractivity contribution in [2.24, 2.45) is 0 Å². The highest BCUT2D eigenvalue weighted by atomic mass is 19.1. The summed E-state index contributed by atoms with van der Waals surface area (Å²) in [6, 6.07) is 8.10. The summed E-state index contributed by atoms with van der Waals surface area (Å²) in [6.07, 6.45) is 3.85. The Bertz CT molecular complexity index is 971. The van der Waals surface area contributed by atoms with Crippen molar-refractivity contribution in [2.45, 2.75) is 18.9 Å². The van der Waals surface area contributed by atoms with Gasteiger partial charge >= 0.3 is 0 Å². The molecule has 0 spiro atoms. The highest BCUT2D eigenvalue weighted by Gasteiger charge is 2.16. The molecule has 1 aliphatic rings. The number of halogens is 1. The van der Waals surface area contributed by atoms with Gasteiger partial charge in [0.1, 0.15) is 11.9 Å². The van der Waals surface area contributed by atoms with Gasteiger partial charge in [0, 0.05) is 30.5 Å². The summed E-state index contributed by atoms with van der Waals surface area (Å²) in [6.45, 7) is 1.91. The molecular weight excluding hydrogens is 335 g/mol. The van der Waals surface area contributed by atoms with Crippen molar-refractivity contribution in [3.8, 4) is 6.07 Å². The Balaban J connectivity index is 1.58. The minimum atomic E-state index is -0.588. The van der Waals surface area contributed by atoms with Crippen molar-refractivity contribution >= 4 is 23.2 Å². The summed E-state index contributed by atoms with van der Waals surface area (Å²) in [7, 11) is 0. The Hall–Kier alpha value is -3.25. The maximum Gasteiger partial charge on any atom is 0.247 e. The van der Waals surface area contributed by atoms with E-state index in [1.165, 1.54) is 12.1 Å². The molecule has 3 heterocycles. The van der Waals surface area contributed by atoms with Crippen LogP contribution in [0.2, 0.25) is 0 Å². The Morgan fingerprint density at radius 2 is 2.27 bits per heavy atom. The molecule has 0 radical (unpaired) electrons. The van der Waals surface area contributed by atoms with Gasteiger partial charge in [0.15, 0.2) is 5.65 Å². The van der Waals surface area contributed by atoms with Gasteiger partial charge in [-0.3, -0.25) is 0 Å². The predicted octanol–water partition coefficient (Wildman–Crippen LogP) is 2.04. The van der Waals surface area contributed by atoms with E-state index in [0.717, 1.165) is 25.9 Å². The zero-order chi connectivity index (χ0) is 17.9. The summed E-state index contributed by atoms with van der Waals surface area (Å²) >= 11 is 0. The molecular formula is C17H17FN8. The number of nitrogens with one attached hydrogen (secondary N) is 3. The van der Waals surface area contributed by atoms with Crippen LogP contribution >= 0.6 is 0 Å². The van der Waals surface area contributed by atoms with Crippen LogP contribution in [0.1, 0.15) is 18.4 Å². The zero-order valence-corrected chi connectivity index (χ0v) is 13.9. The molecule has 0 aliphatic carbocycles. The third kappa shape index (κ3) is 3.27. The van der Waals surface area contributed by atoms with Crippen LogP contribution in [0.5, 0.6) is 0 Å². The number of nitrogens with zero attached hydrogens (tertiary/aromatic N) is 5. The summed E-state index contributed by atoms with van der Waals surface area (Å²) < 4.78 is 15.4. The fraction of sp³-hybridized carbons (Fsp3) is 0.294. The monoisotopic (exact) mass is 352 g/mol. The first-order chi connectivity index (χ1) is 12.7. The maximum absolute atomic E-state index is 13.7. The average molecular weight is 352 g/mol. The number of anilines is 3. The molecule has 0 saturated carbocycles. The molecule has 0 bridgehead atoms. The van der Waals surface area contributed by atoms with E-state index in [0.29, 0.717) is 23.2 Å². The van der Waals surface area contributed by atoms with Crippen LogP contribution in [-0.4, -0.2) is 38.7 Å². The van der Waals surface area contributed by atoms with Crippen molar-refractivity contribution in [2.75, 3.05) is 23.7 Å². The minimum absolute atomic E-state index is 0.00436. The largest absolute Gasteiger partial charge is 0.350 e. The molecule has 1 atom stereocenters. The quantitative estimate of drug-likeness (QED) is 0.660. The van der Waals surface area contributed by atoms with Crippen molar-refractivity contribution in [1.29, 1.82) is 5.26 Å². The Morgan fingerprint density at radius 3 is 3.04 bits per heavy atom. The first-order valence-corrected chi connectivity index (χ1v) is 8.38. The third-order valence-electron chi connectivity index (χ3n) is 4.23. The lowest BCUT2D eigenvalue weighted by Crippen LogP contribution is -2.39. The molecule has 1 saturated heterocycles. The number of fused-ring (bicyclic) bond motifs is 1. The van der Waals surface area contributed by atoms with E-state index in [4.69, 9.17) is 5.26 Å². The number of nitriles is 1. The molecule has 0 amide bonds. The molecule has 3 aromatic rings. The number of benzene rings is 1. The Kier molecular flexibility index (Phi) is 4.33. The number of hydrogen-bond acceptors (Lipinski definition) is 7. The molecule has 9 heteroatoms. The molecule has 1 aliphatic heterocycles. The van der Waals surface area contributed by atoms with Crippen LogP contribution < -0.4 is 16.0 Å². The lowest BCUT2D eigenvalue weighted by molar-refractivity contribution is 0.477. The van der Waals surface area contributed by atoms with Crippen molar-refractivity contribution in [1.82, 2.24) is 24.9 Å². The second-order valence-corrected chi connectivity index (χ2v) is 6.09. The van der Waals surface area contributed by atoms with Crippen LogP contribution in [0.25, 0.3) is 5.65 Å². The van der Waals surface area contributed by atoms with Gasteiger partial charge in [0.05, 0.1) is 5.56 Å². The molecule has 26 heavy (non-hydrogen) atoms. The molecule has 2 aromatic heterocycles. The topological polar surface area (TPSA) is 103 Å². The van der Waals surface area contributed by atoms with Gasteiger partial charge in [-0.2, -0.15) is 14.8 Å². The van der Waals surface area contributed by atoms with Crippen LogP contribution in [0.15, 0.2) is 30.5 Å². The standard InChI is InChI=1S/C17H17FN8/c18-14-8-12(4-3-11(14)9-19)22-16-24-15-5-7-21-17(26(15)25-16)23-13-2-1-6-20-10-13/h3-5,7-8,13,20H,1-2,6,10H2,(H,21,23)(H,22,25). The summed E-state index contributed by atoms with van der Waals surface area (Å²) in [4.78, 5) is 8.75. The van der Waals surface area contributed by atoms with Crippen LogP contribution in [0.3, 0.4) is 0 Å². The van der Waals surface area contributed by atoms with Crippen molar-refractivity contribution < 1.29 is 4.39 Å². The Labute approximate surface area is 149 Å². The van der Waals surface area contributed by atoms with Gasteiger partial charge in [-0.15, -0.1) is 5.10 Å². The number of hydrogen-bond donors (Lipinski definition) is 3. The lowest BCUT2D eigenvalue weighted by Gasteiger charge is -2.24. The first kappa shape index (κ1) is 16.2. The average Bonchev–Trinajstić information content (AvgIpc) is 3.06. The summed E-state index contributed by atoms with van der Waals surface area (Å²) in [5, 5.41) is 22.9. The van der Waals surface area contributed by atoms with Crippen LogP contribution in [0, 0.1) is 17.1 Å². The normalized spacial score (nSPS) is 17.0. The van der Waals surface area contributed by atoms with E-state index < -0.39 is 5.82 Å². The van der Waals surface area contributed by atoms with E-state index in [2.05, 4.69) is 31.0 Å². The van der Waals surface area contributed by atoms with E-state index in [1.807, 2.05) is 0 Å². The first-order valence-electron chi connectivity index (χ1n) is 8.38. The van der Waals surface area contributed by atoms with Crippen LogP contribution in [-0.2, 0) is 0 Å².